The van der Waals surface area contributed by atoms with Gasteiger partial charge in [-0.05, 0) is 51.0 Å². The fourth-order valence-electron chi connectivity index (χ4n) is 3.86. The molecule has 0 bridgehead atoms. The zero-order chi connectivity index (χ0) is 17.4. The zero-order valence-corrected chi connectivity index (χ0v) is 15.2. The molecule has 0 N–H and O–H groups in total. The maximum absolute atomic E-state index is 12.8. The van der Waals surface area contributed by atoms with Crippen molar-refractivity contribution in [3.05, 3.63) is 43.8 Å². The Morgan fingerprint density at radius 2 is 2.16 bits per heavy atom. The van der Waals surface area contributed by atoms with Crippen molar-refractivity contribution in [3.8, 4) is 0 Å². The Balaban J connectivity index is 1.57. The minimum absolute atomic E-state index is 0.0286. The molecule has 2 aromatic heterocycles. The summed E-state index contributed by atoms with van der Waals surface area (Å²) in [5.41, 5.74) is 4.61. The van der Waals surface area contributed by atoms with Gasteiger partial charge in [-0.1, -0.05) is 0 Å². The van der Waals surface area contributed by atoms with Crippen molar-refractivity contribution in [3.63, 3.8) is 0 Å². The van der Waals surface area contributed by atoms with Gasteiger partial charge in [-0.25, -0.2) is 9.67 Å². The summed E-state index contributed by atoms with van der Waals surface area (Å²) >= 11 is 1.39. The van der Waals surface area contributed by atoms with Gasteiger partial charge in [0, 0.05) is 12.6 Å². The van der Waals surface area contributed by atoms with Gasteiger partial charge < -0.3 is 4.90 Å². The fraction of sp³-hybridized carbons (Fsp3) is 0.556. The van der Waals surface area contributed by atoms with Crippen LogP contribution in [0.4, 0.5) is 0 Å². The number of rotatable bonds is 3. The summed E-state index contributed by atoms with van der Waals surface area (Å²) in [6.45, 7) is 3.08. The van der Waals surface area contributed by atoms with Crippen LogP contribution >= 0.6 is 11.3 Å². The topological polar surface area (TPSA) is 68.1 Å². The molecule has 4 rings (SSSR count). The molecule has 3 heterocycles. The predicted molar refractivity (Wildman–Crippen MR) is 96.0 cm³/mol. The van der Waals surface area contributed by atoms with Crippen LogP contribution in [0.2, 0.25) is 0 Å². The molecule has 1 atom stereocenters. The van der Waals surface area contributed by atoms with Crippen molar-refractivity contribution >= 4 is 17.2 Å². The minimum atomic E-state index is -0.0473. The van der Waals surface area contributed by atoms with Gasteiger partial charge >= 0.3 is 0 Å². The number of likely N-dealkylation sites (tertiary alicyclic amines) is 1. The maximum atomic E-state index is 12.8. The van der Waals surface area contributed by atoms with Crippen molar-refractivity contribution in [2.24, 2.45) is 0 Å². The van der Waals surface area contributed by atoms with Gasteiger partial charge in [0.15, 0.2) is 0 Å². The smallest absolute Gasteiger partial charge is 0.267 e. The van der Waals surface area contributed by atoms with E-state index in [1.165, 1.54) is 11.3 Å². The fourth-order valence-corrected chi connectivity index (χ4v) is 4.62. The molecule has 25 heavy (non-hydrogen) atoms. The van der Waals surface area contributed by atoms with Crippen LogP contribution in [0.3, 0.4) is 0 Å². The molecule has 1 amide bonds. The zero-order valence-electron chi connectivity index (χ0n) is 14.4. The van der Waals surface area contributed by atoms with Crippen molar-refractivity contribution in [1.29, 1.82) is 0 Å². The van der Waals surface area contributed by atoms with Crippen LogP contribution in [0.25, 0.3) is 0 Å². The van der Waals surface area contributed by atoms with Crippen LogP contribution in [0.5, 0.6) is 0 Å². The van der Waals surface area contributed by atoms with E-state index in [1.807, 2.05) is 11.8 Å². The standard InChI is InChI=1S/C18H22N4O2S/c1-12-17(25-11-19-12)18(24)21-8-4-6-14(21)10-22-16(23)9-13-5-2-3-7-15(13)20-22/h9,11,14H,2-8,10H2,1H3. The molecule has 6 nitrogen and oxygen atoms in total. The molecular weight excluding hydrogens is 336 g/mol. The van der Waals surface area contributed by atoms with Crippen LogP contribution in [-0.2, 0) is 19.4 Å². The van der Waals surface area contributed by atoms with E-state index in [0.29, 0.717) is 11.4 Å². The Labute approximate surface area is 150 Å². The predicted octanol–water partition coefficient (Wildman–Crippen LogP) is 2.19. The van der Waals surface area contributed by atoms with Crippen molar-refractivity contribution < 1.29 is 4.79 Å². The first-order valence-electron chi connectivity index (χ1n) is 8.94. The first kappa shape index (κ1) is 16.4. The summed E-state index contributed by atoms with van der Waals surface area (Å²) in [4.78, 5) is 32.0. The van der Waals surface area contributed by atoms with Crippen LogP contribution in [0.15, 0.2) is 16.4 Å². The highest BCUT2D eigenvalue weighted by molar-refractivity contribution is 7.11. The lowest BCUT2D eigenvalue weighted by Gasteiger charge is -2.25. The van der Waals surface area contributed by atoms with E-state index >= 15 is 0 Å². The maximum Gasteiger partial charge on any atom is 0.267 e. The van der Waals surface area contributed by atoms with Crippen LogP contribution in [-0.4, -0.2) is 38.2 Å². The molecule has 0 aromatic carbocycles. The summed E-state index contributed by atoms with van der Waals surface area (Å²) in [5, 5.41) is 4.61. The van der Waals surface area contributed by atoms with Gasteiger partial charge in [-0.3, -0.25) is 9.59 Å². The monoisotopic (exact) mass is 358 g/mol. The Kier molecular flexibility index (Phi) is 4.41. The van der Waals surface area contributed by atoms with Gasteiger partial charge in [0.05, 0.1) is 29.5 Å². The van der Waals surface area contributed by atoms with Crippen molar-refractivity contribution in [2.45, 2.75) is 58.0 Å². The highest BCUT2D eigenvalue weighted by Crippen LogP contribution is 2.24. The van der Waals surface area contributed by atoms with E-state index < -0.39 is 0 Å². The van der Waals surface area contributed by atoms with E-state index in [0.717, 1.165) is 62.0 Å². The lowest BCUT2D eigenvalue weighted by molar-refractivity contribution is 0.0724. The van der Waals surface area contributed by atoms with Crippen LogP contribution < -0.4 is 5.56 Å². The molecule has 0 radical (unpaired) electrons. The van der Waals surface area contributed by atoms with E-state index in [2.05, 4.69) is 10.1 Å². The average molecular weight is 358 g/mol. The number of aryl methyl sites for hydroxylation is 3. The normalized spacial score (nSPS) is 19.9. The largest absolute Gasteiger partial charge is 0.333 e. The lowest BCUT2D eigenvalue weighted by Crippen LogP contribution is -2.41. The molecule has 132 valence electrons. The van der Waals surface area contributed by atoms with Gasteiger partial charge in [-0.15, -0.1) is 11.3 Å². The quantitative estimate of drug-likeness (QED) is 0.843. The van der Waals surface area contributed by atoms with Gasteiger partial charge in [0.2, 0.25) is 0 Å². The Bertz CT molecular complexity index is 857. The summed E-state index contributed by atoms with van der Waals surface area (Å²) in [5.74, 6) is 0.0357. The third-order valence-electron chi connectivity index (χ3n) is 5.24. The number of carbonyl (C=O) groups excluding carboxylic acids is 1. The van der Waals surface area contributed by atoms with E-state index in [4.69, 9.17) is 0 Å². The van der Waals surface area contributed by atoms with Crippen molar-refractivity contribution in [2.75, 3.05) is 6.54 Å². The molecule has 2 aliphatic rings. The molecule has 2 aromatic rings. The first-order valence-corrected chi connectivity index (χ1v) is 9.82. The summed E-state index contributed by atoms with van der Waals surface area (Å²) < 4.78 is 1.57. The van der Waals surface area contributed by atoms with Crippen LogP contribution in [0.1, 0.15) is 52.3 Å². The van der Waals surface area contributed by atoms with Gasteiger partial charge in [0.1, 0.15) is 4.88 Å². The van der Waals surface area contributed by atoms with E-state index in [1.54, 1.807) is 16.3 Å². The number of carbonyl (C=O) groups is 1. The molecule has 1 aliphatic carbocycles. The number of thiazole rings is 1. The summed E-state index contributed by atoms with van der Waals surface area (Å²) in [6, 6.07) is 1.77. The SMILES string of the molecule is Cc1ncsc1C(=O)N1CCCC1Cn1nc2c(cc1=O)CCCC2. The minimum Gasteiger partial charge on any atom is -0.333 e. The van der Waals surface area contributed by atoms with Gasteiger partial charge in [0.25, 0.3) is 11.5 Å². The first-order chi connectivity index (χ1) is 12.1. The molecular formula is C18H22N4O2S. The average Bonchev–Trinajstić information content (AvgIpc) is 3.24. The number of aromatic nitrogens is 3. The van der Waals surface area contributed by atoms with Crippen LogP contribution in [0, 0.1) is 6.92 Å². The molecule has 1 saturated heterocycles. The number of fused-ring (bicyclic) bond motifs is 1. The molecule has 1 unspecified atom stereocenters. The molecule has 0 saturated carbocycles. The summed E-state index contributed by atoms with van der Waals surface area (Å²) in [7, 11) is 0. The second kappa shape index (κ2) is 6.71. The molecule has 1 aliphatic heterocycles. The highest BCUT2D eigenvalue weighted by Gasteiger charge is 2.31. The molecule has 7 heteroatoms. The Morgan fingerprint density at radius 1 is 1.32 bits per heavy atom. The van der Waals surface area contributed by atoms with E-state index in [9.17, 15) is 9.59 Å². The third kappa shape index (κ3) is 3.13. The number of amides is 1. The number of hydrogen-bond donors (Lipinski definition) is 0. The Hall–Kier alpha value is -2.02. The number of hydrogen-bond acceptors (Lipinski definition) is 5. The third-order valence-corrected chi connectivity index (χ3v) is 6.15. The second-order valence-electron chi connectivity index (χ2n) is 6.91. The molecule has 0 spiro atoms. The molecule has 1 fully saturated rings. The number of nitrogens with zero attached hydrogens (tertiary/aromatic N) is 4. The summed E-state index contributed by atoms with van der Waals surface area (Å²) in [6.07, 6.45) is 6.05. The highest BCUT2D eigenvalue weighted by atomic mass is 32.1. The second-order valence-corrected chi connectivity index (χ2v) is 7.76. The Morgan fingerprint density at radius 3 is 2.96 bits per heavy atom. The van der Waals surface area contributed by atoms with E-state index in [-0.39, 0.29) is 17.5 Å². The lowest BCUT2D eigenvalue weighted by atomic mass is 9.97. The van der Waals surface area contributed by atoms with Crippen molar-refractivity contribution in [1.82, 2.24) is 19.7 Å². The van der Waals surface area contributed by atoms with Gasteiger partial charge in [-0.2, -0.15) is 5.10 Å².